The molecule has 0 N–H and O–H groups in total. The number of rotatable bonds is 2. The van der Waals surface area contributed by atoms with E-state index in [0.29, 0.717) is 0 Å². The Morgan fingerprint density at radius 3 is 1.33 bits per heavy atom. The number of hydrogen-bond donors (Lipinski definition) is 0. The van der Waals surface area contributed by atoms with Gasteiger partial charge >= 0.3 is 0 Å². The molecule has 4 aromatic carbocycles. The van der Waals surface area contributed by atoms with Crippen molar-refractivity contribution >= 4 is 32.3 Å². The zero-order valence-corrected chi connectivity index (χ0v) is 14.6. The molecule has 0 saturated heterocycles. The fraction of sp³-hybridized carbons (Fsp3) is 0.0909. The highest BCUT2D eigenvalue weighted by Crippen LogP contribution is 2.32. The third-order valence-electron chi connectivity index (χ3n) is 4.60. The Balaban J connectivity index is 1.99. The van der Waals surface area contributed by atoms with E-state index in [0.717, 1.165) is 20.6 Å². The molecule has 1 nitrogen and oxygen atoms in total. The van der Waals surface area contributed by atoms with Crippen molar-refractivity contribution in [3.63, 3.8) is 0 Å². The van der Waals surface area contributed by atoms with Gasteiger partial charge in [0.25, 0.3) is 0 Å². The topological polar surface area (TPSA) is 17.1 Å². The van der Waals surface area contributed by atoms with Crippen molar-refractivity contribution < 1.29 is 4.21 Å². The highest BCUT2D eigenvalue weighted by atomic mass is 32.2. The maximum absolute atomic E-state index is 13.4. The van der Waals surface area contributed by atoms with Gasteiger partial charge in [-0.3, -0.25) is 0 Å². The summed E-state index contributed by atoms with van der Waals surface area (Å²) in [7, 11) is -1.21. The van der Waals surface area contributed by atoms with Crippen LogP contribution in [0.15, 0.2) is 82.6 Å². The van der Waals surface area contributed by atoms with E-state index in [4.69, 9.17) is 0 Å². The van der Waals surface area contributed by atoms with Crippen LogP contribution in [0.25, 0.3) is 21.5 Å². The van der Waals surface area contributed by atoms with Crippen LogP contribution in [0.3, 0.4) is 0 Å². The van der Waals surface area contributed by atoms with Gasteiger partial charge in [0.1, 0.15) is 0 Å². The lowest BCUT2D eigenvalue weighted by molar-refractivity contribution is 0.684. The molecule has 0 aromatic heterocycles. The molecule has 0 unspecified atom stereocenters. The molecule has 0 atom stereocenters. The van der Waals surface area contributed by atoms with Crippen LogP contribution in [0.4, 0.5) is 0 Å². The smallest absolute Gasteiger partial charge is 0.0862 e. The van der Waals surface area contributed by atoms with Crippen molar-refractivity contribution in [3.05, 3.63) is 83.9 Å². The molecule has 24 heavy (non-hydrogen) atoms. The summed E-state index contributed by atoms with van der Waals surface area (Å²) in [4.78, 5) is 1.76. The molecule has 0 heterocycles. The van der Waals surface area contributed by atoms with Gasteiger partial charge in [-0.1, -0.05) is 60.7 Å². The first-order chi connectivity index (χ1) is 11.7. The molecular formula is C22H18OS. The third-order valence-corrected chi connectivity index (χ3v) is 6.11. The Hall–Kier alpha value is -2.45. The van der Waals surface area contributed by atoms with Gasteiger partial charge in [-0.25, -0.2) is 4.21 Å². The van der Waals surface area contributed by atoms with Gasteiger partial charge in [0.2, 0.25) is 0 Å². The summed E-state index contributed by atoms with van der Waals surface area (Å²) in [6.45, 7) is 4.19. The first kappa shape index (κ1) is 15.1. The van der Waals surface area contributed by atoms with Gasteiger partial charge < -0.3 is 0 Å². The van der Waals surface area contributed by atoms with Crippen molar-refractivity contribution in [2.45, 2.75) is 23.6 Å². The zero-order valence-electron chi connectivity index (χ0n) is 13.7. The minimum absolute atomic E-state index is 0.880. The van der Waals surface area contributed by atoms with Crippen LogP contribution in [-0.2, 0) is 10.8 Å². The molecular weight excluding hydrogens is 312 g/mol. The zero-order chi connectivity index (χ0) is 16.7. The van der Waals surface area contributed by atoms with Gasteiger partial charge in [-0.05, 0) is 58.7 Å². The highest BCUT2D eigenvalue weighted by molar-refractivity contribution is 7.85. The van der Waals surface area contributed by atoms with E-state index in [1.165, 1.54) is 21.9 Å². The second-order valence-electron chi connectivity index (χ2n) is 6.12. The molecule has 2 heteroatoms. The van der Waals surface area contributed by atoms with Crippen LogP contribution >= 0.6 is 0 Å². The van der Waals surface area contributed by atoms with Crippen molar-refractivity contribution in [1.29, 1.82) is 0 Å². The van der Waals surface area contributed by atoms with E-state index in [1.54, 1.807) is 0 Å². The fourth-order valence-electron chi connectivity index (χ4n) is 3.29. The van der Waals surface area contributed by atoms with Crippen LogP contribution in [-0.4, -0.2) is 4.21 Å². The standard InChI is InChI=1S/C22H18OS/c1-15-11-13-21(19-9-5-3-7-17(15)19)24(23)22-14-12-16(2)18-8-4-6-10-20(18)22/h3-14H,1-2H3. The Morgan fingerprint density at radius 2 is 0.917 bits per heavy atom. The average molecular weight is 330 g/mol. The van der Waals surface area contributed by atoms with Crippen molar-refractivity contribution in [2.75, 3.05) is 0 Å². The van der Waals surface area contributed by atoms with Crippen molar-refractivity contribution in [3.8, 4) is 0 Å². The Morgan fingerprint density at radius 1 is 0.542 bits per heavy atom. The fourth-order valence-corrected chi connectivity index (χ4v) is 4.66. The Bertz CT molecular complexity index is 1010. The van der Waals surface area contributed by atoms with E-state index < -0.39 is 10.8 Å². The van der Waals surface area contributed by atoms with Gasteiger partial charge in [0.15, 0.2) is 0 Å². The van der Waals surface area contributed by atoms with Crippen LogP contribution in [0.5, 0.6) is 0 Å². The Kier molecular flexibility index (Phi) is 3.70. The number of fused-ring (bicyclic) bond motifs is 2. The van der Waals surface area contributed by atoms with Gasteiger partial charge in [-0.2, -0.15) is 0 Å². The molecule has 0 saturated carbocycles. The molecule has 4 aromatic rings. The van der Waals surface area contributed by atoms with Crippen LogP contribution in [0, 0.1) is 13.8 Å². The quantitative estimate of drug-likeness (QED) is 0.455. The van der Waals surface area contributed by atoms with Crippen LogP contribution < -0.4 is 0 Å². The monoisotopic (exact) mass is 330 g/mol. The van der Waals surface area contributed by atoms with Crippen molar-refractivity contribution in [1.82, 2.24) is 0 Å². The molecule has 0 amide bonds. The summed E-state index contributed by atoms with van der Waals surface area (Å²) in [6.07, 6.45) is 0. The lowest BCUT2D eigenvalue weighted by atomic mass is 10.1. The summed E-state index contributed by atoms with van der Waals surface area (Å²) in [5.41, 5.74) is 2.42. The van der Waals surface area contributed by atoms with Gasteiger partial charge in [-0.15, -0.1) is 0 Å². The van der Waals surface area contributed by atoms with E-state index >= 15 is 0 Å². The first-order valence-electron chi connectivity index (χ1n) is 8.05. The lowest BCUT2D eigenvalue weighted by Crippen LogP contribution is -1.97. The van der Waals surface area contributed by atoms with E-state index in [1.807, 2.05) is 36.4 Å². The molecule has 0 fully saturated rings. The molecule has 0 radical (unpaired) electrons. The molecule has 4 rings (SSSR count). The predicted molar refractivity (Wildman–Crippen MR) is 102 cm³/mol. The second kappa shape index (κ2) is 5.88. The van der Waals surface area contributed by atoms with E-state index in [-0.39, 0.29) is 0 Å². The van der Waals surface area contributed by atoms with Gasteiger partial charge in [0, 0.05) is 0 Å². The Labute approximate surface area is 144 Å². The SMILES string of the molecule is Cc1ccc(S(=O)c2ccc(C)c3ccccc23)c2ccccc12. The normalized spacial score (nSPS) is 11.5. The maximum atomic E-state index is 13.4. The molecule has 118 valence electrons. The van der Waals surface area contributed by atoms with Crippen LogP contribution in [0.2, 0.25) is 0 Å². The summed E-state index contributed by atoms with van der Waals surface area (Å²) >= 11 is 0. The predicted octanol–water partition coefficient (Wildman–Crippen LogP) is 5.78. The molecule has 0 aliphatic carbocycles. The third kappa shape index (κ3) is 2.35. The average Bonchev–Trinajstić information content (AvgIpc) is 2.62. The summed E-state index contributed by atoms with van der Waals surface area (Å²) in [6, 6.07) is 24.5. The number of hydrogen-bond acceptors (Lipinski definition) is 1. The highest BCUT2D eigenvalue weighted by Gasteiger charge is 2.15. The maximum Gasteiger partial charge on any atom is 0.0862 e. The lowest BCUT2D eigenvalue weighted by Gasteiger charge is -2.12. The molecule has 0 bridgehead atoms. The number of benzene rings is 4. The number of aryl methyl sites for hydroxylation is 2. The summed E-state index contributed by atoms with van der Waals surface area (Å²) in [5.74, 6) is 0. The summed E-state index contributed by atoms with van der Waals surface area (Å²) < 4.78 is 13.4. The van der Waals surface area contributed by atoms with Crippen molar-refractivity contribution in [2.24, 2.45) is 0 Å². The molecule has 0 aliphatic heterocycles. The largest absolute Gasteiger partial charge is 0.249 e. The summed E-state index contributed by atoms with van der Waals surface area (Å²) in [5, 5.41) is 4.47. The van der Waals surface area contributed by atoms with E-state index in [9.17, 15) is 4.21 Å². The second-order valence-corrected chi connectivity index (χ2v) is 7.54. The first-order valence-corrected chi connectivity index (χ1v) is 9.20. The van der Waals surface area contributed by atoms with E-state index in [2.05, 4.69) is 50.2 Å². The molecule has 0 spiro atoms. The minimum atomic E-state index is -1.21. The minimum Gasteiger partial charge on any atom is -0.249 e. The van der Waals surface area contributed by atoms with Crippen LogP contribution in [0.1, 0.15) is 11.1 Å². The van der Waals surface area contributed by atoms with Gasteiger partial charge in [0.05, 0.1) is 20.6 Å². The molecule has 0 aliphatic rings.